The molecule has 0 aliphatic carbocycles. The van der Waals surface area contributed by atoms with Crippen LogP contribution < -0.4 is 10.6 Å². The van der Waals surface area contributed by atoms with Gasteiger partial charge in [0, 0.05) is 18.9 Å². The first kappa shape index (κ1) is 16.8. The van der Waals surface area contributed by atoms with Gasteiger partial charge in [0.15, 0.2) is 17.5 Å². The predicted octanol–water partition coefficient (Wildman–Crippen LogP) is 3.96. The summed E-state index contributed by atoms with van der Waals surface area (Å²) >= 11 is 0. The Labute approximate surface area is 131 Å². The van der Waals surface area contributed by atoms with Crippen molar-refractivity contribution in [3.05, 3.63) is 53.6 Å². The summed E-state index contributed by atoms with van der Waals surface area (Å²) in [4.78, 5) is 16.0. The van der Waals surface area contributed by atoms with E-state index in [-0.39, 0.29) is 5.56 Å². The second-order valence-electron chi connectivity index (χ2n) is 4.92. The quantitative estimate of drug-likeness (QED) is 0.625. The highest BCUT2D eigenvalue weighted by Crippen LogP contribution is 2.20. The van der Waals surface area contributed by atoms with Crippen LogP contribution in [0, 0.1) is 17.5 Å². The van der Waals surface area contributed by atoms with Crippen LogP contribution >= 0.6 is 0 Å². The van der Waals surface area contributed by atoms with Gasteiger partial charge in [-0.3, -0.25) is 9.78 Å². The van der Waals surface area contributed by atoms with Crippen LogP contribution in [0.2, 0.25) is 0 Å². The molecule has 1 heterocycles. The first-order chi connectivity index (χ1) is 11.0. The number of carbonyl (C=O) groups is 1. The van der Waals surface area contributed by atoms with Crippen LogP contribution in [0.3, 0.4) is 0 Å². The van der Waals surface area contributed by atoms with E-state index in [1.165, 1.54) is 6.20 Å². The normalized spacial score (nSPS) is 10.4. The Hall–Kier alpha value is -2.57. The van der Waals surface area contributed by atoms with Crippen LogP contribution in [0.25, 0.3) is 0 Å². The molecule has 2 N–H and O–H groups in total. The standard InChI is InChI=1S/C16H16F3N3O/c1-2-3-6-21-11-7-10(8-20-9-11)16(23)22-13-5-4-12(17)14(18)15(13)19/h4-5,7-9,21H,2-3,6H2,1H3,(H,22,23). The number of hydrogen-bond donors (Lipinski definition) is 2. The lowest BCUT2D eigenvalue weighted by atomic mass is 10.2. The van der Waals surface area contributed by atoms with E-state index in [1.54, 1.807) is 12.3 Å². The summed E-state index contributed by atoms with van der Waals surface area (Å²) in [5, 5.41) is 5.31. The molecule has 0 atom stereocenters. The molecule has 0 saturated heterocycles. The lowest BCUT2D eigenvalue weighted by molar-refractivity contribution is 0.102. The third-order valence-electron chi connectivity index (χ3n) is 3.14. The van der Waals surface area contributed by atoms with Crippen LogP contribution in [0.4, 0.5) is 24.5 Å². The molecule has 0 aliphatic heterocycles. The van der Waals surface area contributed by atoms with Gasteiger partial charge in [-0.15, -0.1) is 0 Å². The lowest BCUT2D eigenvalue weighted by Crippen LogP contribution is -2.14. The summed E-state index contributed by atoms with van der Waals surface area (Å²) in [7, 11) is 0. The smallest absolute Gasteiger partial charge is 0.257 e. The molecule has 0 radical (unpaired) electrons. The number of pyridine rings is 1. The van der Waals surface area contributed by atoms with E-state index in [4.69, 9.17) is 0 Å². The molecule has 2 aromatic rings. The molecule has 0 saturated carbocycles. The van der Waals surface area contributed by atoms with E-state index in [0.29, 0.717) is 5.69 Å². The van der Waals surface area contributed by atoms with Gasteiger partial charge in [-0.2, -0.15) is 0 Å². The maximum atomic E-state index is 13.6. The summed E-state index contributed by atoms with van der Waals surface area (Å²) < 4.78 is 39.6. The molecule has 1 aromatic heterocycles. The number of rotatable bonds is 6. The fraction of sp³-hybridized carbons (Fsp3) is 0.250. The summed E-state index contributed by atoms with van der Waals surface area (Å²) in [5.41, 5.74) is 0.394. The number of nitrogens with zero attached hydrogens (tertiary/aromatic N) is 1. The Morgan fingerprint density at radius 2 is 1.96 bits per heavy atom. The number of unbranched alkanes of at least 4 members (excludes halogenated alkanes) is 1. The van der Waals surface area contributed by atoms with E-state index in [9.17, 15) is 18.0 Å². The zero-order valence-corrected chi connectivity index (χ0v) is 12.5. The summed E-state index contributed by atoms with van der Waals surface area (Å²) in [6, 6.07) is 3.26. The Bertz CT molecular complexity index is 707. The maximum absolute atomic E-state index is 13.6. The Kier molecular flexibility index (Phi) is 5.56. The second-order valence-corrected chi connectivity index (χ2v) is 4.92. The monoisotopic (exact) mass is 323 g/mol. The van der Waals surface area contributed by atoms with Gasteiger partial charge in [0.25, 0.3) is 5.91 Å². The maximum Gasteiger partial charge on any atom is 0.257 e. The molecule has 0 unspecified atom stereocenters. The topological polar surface area (TPSA) is 54.0 Å². The van der Waals surface area contributed by atoms with Gasteiger partial charge in [0.1, 0.15) is 0 Å². The van der Waals surface area contributed by atoms with E-state index in [1.807, 2.05) is 0 Å². The zero-order valence-electron chi connectivity index (χ0n) is 12.5. The summed E-state index contributed by atoms with van der Waals surface area (Å²) in [6.45, 7) is 2.79. The first-order valence-corrected chi connectivity index (χ1v) is 7.16. The van der Waals surface area contributed by atoms with Crippen molar-refractivity contribution < 1.29 is 18.0 Å². The predicted molar refractivity (Wildman–Crippen MR) is 81.9 cm³/mol. The minimum atomic E-state index is -1.63. The van der Waals surface area contributed by atoms with Gasteiger partial charge in [-0.25, -0.2) is 13.2 Å². The fourth-order valence-corrected chi connectivity index (χ4v) is 1.89. The van der Waals surface area contributed by atoms with E-state index >= 15 is 0 Å². The van der Waals surface area contributed by atoms with Crippen molar-refractivity contribution in [2.45, 2.75) is 19.8 Å². The van der Waals surface area contributed by atoms with E-state index in [0.717, 1.165) is 31.5 Å². The summed E-state index contributed by atoms with van der Waals surface area (Å²) in [6.07, 6.45) is 4.86. The first-order valence-electron chi connectivity index (χ1n) is 7.16. The molecule has 23 heavy (non-hydrogen) atoms. The second kappa shape index (κ2) is 7.62. The number of benzene rings is 1. The van der Waals surface area contributed by atoms with Crippen molar-refractivity contribution in [2.24, 2.45) is 0 Å². The van der Waals surface area contributed by atoms with Gasteiger partial charge < -0.3 is 10.6 Å². The number of amides is 1. The summed E-state index contributed by atoms with van der Waals surface area (Å²) in [5.74, 6) is -5.05. The molecule has 0 spiro atoms. The lowest BCUT2D eigenvalue weighted by Gasteiger charge is -2.09. The number of carbonyl (C=O) groups excluding carboxylic acids is 1. The number of anilines is 2. The van der Waals surface area contributed by atoms with Crippen LogP contribution in [-0.2, 0) is 0 Å². The van der Waals surface area contributed by atoms with Gasteiger partial charge in [0.2, 0.25) is 0 Å². The zero-order chi connectivity index (χ0) is 16.8. The van der Waals surface area contributed by atoms with Crippen LogP contribution in [0.5, 0.6) is 0 Å². The molecule has 122 valence electrons. The third kappa shape index (κ3) is 4.21. The average molecular weight is 323 g/mol. The highest BCUT2D eigenvalue weighted by Gasteiger charge is 2.16. The number of halogens is 3. The Morgan fingerprint density at radius 3 is 2.70 bits per heavy atom. The van der Waals surface area contributed by atoms with Gasteiger partial charge >= 0.3 is 0 Å². The molecule has 4 nitrogen and oxygen atoms in total. The molecule has 0 bridgehead atoms. The van der Waals surface area contributed by atoms with E-state index < -0.39 is 29.0 Å². The average Bonchev–Trinajstić information content (AvgIpc) is 2.56. The molecular weight excluding hydrogens is 307 g/mol. The molecule has 1 amide bonds. The van der Waals surface area contributed by atoms with Crippen LogP contribution in [0.15, 0.2) is 30.6 Å². The Balaban J connectivity index is 2.12. The van der Waals surface area contributed by atoms with Crippen molar-refractivity contribution in [3.63, 3.8) is 0 Å². The molecule has 0 fully saturated rings. The van der Waals surface area contributed by atoms with Crippen LogP contribution in [-0.4, -0.2) is 17.4 Å². The minimum absolute atomic E-state index is 0.177. The molecule has 0 aliphatic rings. The number of aromatic nitrogens is 1. The van der Waals surface area contributed by atoms with Crippen molar-refractivity contribution in [3.8, 4) is 0 Å². The van der Waals surface area contributed by atoms with Crippen molar-refractivity contribution >= 4 is 17.3 Å². The van der Waals surface area contributed by atoms with Crippen molar-refractivity contribution in [2.75, 3.05) is 17.2 Å². The SMILES string of the molecule is CCCCNc1cncc(C(=O)Nc2ccc(F)c(F)c2F)c1. The molecule has 1 aromatic carbocycles. The Morgan fingerprint density at radius 1 is 1.17 bits per heavy atom. The highest BCUT2D eigenvalue weighted by molar-refractivity contribution is 6.04. The fourth-order valence-electron chi connectivity index (χ4n) is 1.89. The molecule has 2 rings (SSSR count). The van der Waals surface area contributed by atoms with Gasteiger partial charge in [-0.1, -0.05) is 13.3 Å². The van der Waals surface area contributed by atoms with E-state index in [2.05, 4.69) is 22.5 Å². The minimum Gasteiger partial charge on any atom is -0.384 e. The van der Waals surface area contributed by atoms with Crippen molar-refractivity contribution in [1.29, 1.82) is 0 Å². The van der Waals surface area contributed by atoms with Gasteiger partial charge in [0.05, 0.1) is 16.9 Å². The third-order valence-corrected chi connectivity index (χ3v) is 3.14. The number of hydrogen-bond acceptors (Lipinski definition) is 3. The largest absolute Gasteiger partial charge is 0.384 e. The highest BCUT2D eigenvalue weighted by atomic mass is 19.2. The van der Waals surface area contributed by atoms with Crippen LogP contribution in [0.1, 0.15) is 30.1 Å². The molecular formula is C16H16F3N3O. The number of nitrogens with one attached hydrogen (secondary N) is 2. The van der Waals surface area contributed by atoms with Crippen molar-refractivity contribution in [1.82, 2.24) is 4.98 Å². The van der Waals surface area contributed by atoms with Gasteiger partial charge in [-0.05, 0) is 24.6 Å². The molecule has 7 heteroatoms.